The SMILES string of the molecule is CC(=O)O[C@H](COc1ccc(C(C)(C)c2cc(Cl)c(OC[C@H](CCl)OC(C)=O)c(Cl)c2)cc1)Cn1ccnc1. The van der Waals surface area contributed by atoms with Crippen molar-refractivity contribution in [3.8, 4) is 11.5 Å². The third-order valence-electron chi connectivity index (χ3n) is 5.96. The predicted molar refractivity (Wildman–Crippen MR) is 150 cm³/mol. The van der Waals surface area contributed by atoms with E-state index >= 15 is 0 Å². The second kappa shape index (κ2) is 13.9. The Morgan fingerprint density at radius 3 is 2.05 bits per heavy atom. The lowest BCUT2D eigenvalue weighted by Gasteiger charge is -2.27. The molecular formula is C28H31Cl3N2O6. The lowest BCUT2D eigenvalue weighted by molar-refractivity contribution is -0.148. The van der Waals surface area contributed by atoms with Crippen molar-refractivity contribution in [2.24, 2.45) is 0 Å². The second-order valence-corrected chi connectivity index (χ2v) is 10.5. The summed E-state index contributed by atoms with van der Waals surface area (Å²) < 4.78 is 24.0. The van der Waals surface area contributed by atoms with Crippen LogP contribution in [0.25, 0.3) is 0 Å². The summed E-state index contributed by atoms with van der Waals surface area (Å²) >= 11 is 18.9. The zero-order chi connectivity index (χ0) is 28.6. The molecule has 0 radical (unpaired) electrons. The number of rotatable bonds is 13. The molecule has 39 heavy (non-hydrogen) atoms. The Morgan fingerprint density at radius 1 is 0.923 bits per heavy atom. The molecule has 3 rings (SSSR count). The molecule has 0 aliphatic heterocycles. The van der Waals surface area contributed by atoms with Gasteiger partial charge in [-0.25, -0.2) is 4.98 Å². The molecule has 1 aromatic heterocycles. The van der Waals surface area contributed by atoms with E-state index in [-0.39, 0.29) is 25.1 Å². The summed E-state index contributed by atoms with van der Waals surface area (Å²) in [6.07, 6.45) is 4.03. The molecule has 0 aliphatic rings. The molecular weight excluding hydrogens is 567 g/mol. The van der Waals surface area contributed by atoms with E-state index in [1.54, 1.807) is 30.9 Å². The zero-order valence-electron chi connectivity index (χ0n) is 22.2. The van der Waals surface area contributed by atoms with E-state index in [2.05, 4.69) is 18.8 Å². The van der Waals surface area contributed by atoms with Gasteiger partial charge in [0, 0.05) is 31.7 Å². The van der Waals surface area contributed by atoms with E-state index in [4.69, 9.17) is 53.8 Å². The van der Waals surface area contributed by atoms with E-state index in [0.29, 0.717) is 28.1 Å². The average molecular weight is 598 g/mol. The second-order valence-electron chi connectivity index (χ2n) is 9.42. The highest BCUT2D eigenvalue weighted by Gasteiger charge is 2.26. The van der Waals surface area contributed by atoms with E-state index in [0.717, 1.165) is 11.1 Å². The maximum absolute atomic E-state index is 11.5. The number of hydrogen-bond donors (Lipinski definition) is 0. The van der Waals surface area contributed by atoms with Crippen molar-refractivity contribution in [2.75, 3.05) is 19.1 Å². The fraction of sp³-hybridized carbons (Fsp3) is 0.393. The van der Waals surface area contributed by atoms with Crippen LogP contribution in [0.1, 0.15) is 38.8 Å². The first-order chi connectivity index (χ1) is 18.5. The minimum absolute atomic E-state index is 0.0212. The Balaban J connectivity index is 1.68. The minimum atomic E-state index is -0.622. The molecule has 2 aromatic carbocycles. The number of benzene rings is 2. The molecule has 0 fully saturated rings. The lowest BCUT2D eigenvalue weighted by Crippen LogP contribution is -2.28. The first kappa shape index (κ1) is 30.6. The molecule has 2 atom stereocenters. The summed E-state index contributed by atoms with van der Waals surface area (Å²) in [4.78, 5) is 26.7. The van der Waals surface area contributed by atoms with Gasteiger partial charge in [-0.15, -0.1) is 11.6 Å². The molecule has 3 aromatic rings. The topological polar surface area (TPSA) is 88.9 Å². The van der Waals surface area contributed by atoms with Crippen LogP contribution in [0.15, 0.2) is 55.1 Å². The standard InChI is InChI=1S/C28H31Cl3N2O6/c1-18(34)38-23(13-29)15-37-27-25(30)11-21(12-26(27)31)28(3,4)20-5-7-22(8-6-20)36-16-24(39-19(2)35)14-33-10-9-32-17-33/h5-12,17,23-24H,13-16H2,1-4H3/t23-,24-/m0/s1. The summed E-state index contributed by atoms with van der Waals surface area (Å²) in [5.74, 6) is 0.182. The number of halogens is 3. The van der Waals surface area contributed by atoms with Crippen LogP contribution in [-0.2, 0) is 31.0 Å². The monoisotopic (exact) mass is 596 g/mol. The van der Waals surface area contributed by atoms with Crippen molar-refractivity contribution in [3.63, 3.8) is 0 Å². The van der Waals surface area contributed by atoms with Crippen LogP contribution >= 0.6 is 34.8 Å². The van der Waals surface area contributed by atoms with Crippen LogP contribution < -0.4 is 9.47 Å². The number of esters is 2. The molecule has 0 spiro atoms. The molecule has 0 amide bonds. The molecule has 0 aliphatic carbocycles. The van der Waals surface area contributed by atoms with Gasteiger partial charge in [-0.05, 0) is 35.4 Å². The number of hydrogen-bond acceptors (Lipinski definition) is 7. The number of carbonyl (C=O) groups excluding carboxylic acids is 2. The fourth-order valence-electron chi connectivity index (χ4n) is 3.89. The first-order valence-corrected chi connectivity index (χ1v) is 13.5. The van der Waals surface area contributed by atoms with Crippen molar-refractivity contribution in [1.29, 1.82) is 0 Å². The van der Waals surface area contributed by atoms with Gasteiger partial charge in [0.25, 0.3) is 0 Å². The third kappa shape index (κ3) is 8.78. The number of aromatic nitrogens is 2. The Kier molecular flexibility index (Phi) is 10.9. The van der Waals surface area contributed by atoms with Crippen molar-refractivity contribution in [3.05, 3.63) is 76.3 Å². The quantitative estimate of drug-likeness (QED) is 0.174. The first-order valence-electron chi connectivity index (χ1n) is 12.2. The van der Waals surface area contributed by atoms with Gasteiger partial charge < -0.3 is 23.5 Å². The number of alkyl halides is 1. The summed E-state index contributed by atoms with van der Waals surface area (Å²) in [5.41, 5.74) is 1.42. The summed E-state index contributed by atoms with van der Waals surface area (Å²) in [7, 11) is 0. The Labute approximate surface area is 243 Å². The van der Waals surface area contributed by atoms with E-state index in [1.807, 2.05) is 28.8 Å². The molecule has 0 saturated heterocycles. The minimum Gasteiger partial charge on any atom is -0.490 e. The van der Waals surface area contributed by atoms with Gasteiger partial charge in [0.05, 0.1) is 28.8 Å². The molecule has 8 nitrogen and oxygen atoms in total. The smallest absolute Gasteiger partial charge is 0.303 e. The average Bonchev–Trinajstić information content (AvgIpc) is 3.38. The highest BCUT2D eigenvalue weighted by Crippen LogP contribution is 2.40. The van der Waals surface area contributed by atoms with Gasteiger partial charge in [0.2, 0.25) is 0 Å². The fourth-order valence-corrected chi connectivity index (χ4v) is 4.64. The third-order valence-corrected chi connectivity index (χ3v) is 6.86. The van der Waals surface area contributed by atoms with Gasteiger partial charge in [-0.3, -0.25) is 9.59 Å². The van der Waals surface area contributed by atoms with E-state index < -0.39 is 23.6 Å². The molecule has 1 heterocycles. The van der Waals surface area contributed by atoms with Crippen molar-refractivity contribution >= 4 is 46.7 Å². The molecule has 0 N–H and O–H groups in total. The molecule has 210 valence electrons. The van der Waals surface area contributed by atoms with E-state index in [9.17, 15) is 9.59 Å². The number of carbonyl (C=O) groups is 2. The molecule has 0 unspecified atom stereocenters. The molecule has 0 saturated carbocycles. The summed E-state index contributed by atoms with van der Waals surface area (Å²) in [6.45, 7) is 7.42. The van der Waals surface area contributed by atoms with Gasteiger partial charge in [0.15, 0.2) is 11.9 Å². The van der Waals surface area contributed by atoms with Gasteiger partial charge in [0.1, 0.15) is 25.1 Å². The summed E-state index contributed by atoms with van der Waals surface area (Å²) in [6, 6.07) is 11.2. The highest BCUT2D eigenvalue weighted by molar-refractivity contribution is 6.37. The van der Waals surface area contributed by atoms with Crippen molar-refractivity contribution in [1.82, 2.24) is 9.55 Å². The highest BCUT2D eigenvalue weighted by atomic mass is 35.5. The maximum Gasteiger partial charge on any atom is 0.303 e. The summed E-state index contributed by atoms with van der Waals surface area (Å²) in [5, 5.41) is 0.659. The van der Waals surface area contributed by atoms with Gasteiger partial charge in [-0.1, -0.05) is 49.2 Å². The van der Waals surface area contributed by atoms with Crippen LogP contribution in [0.2, 0.25) is 10.0 Å². The largest absolute Gasteiger partial charge is 0.490 e. The molecule has 11 heteroatoms. The normalized spacial score (nSPS) is 12.9. The number of imidazole rings is 1. The maximum atomic E-state index is 11.5. The van der Waals surface area contributed by atoms with Gasteiger partial charge in [-0.2, -0.15) is 0 Å². The van der Waals surface area contributed by atoms with Crippen LogP contribution in [0, 0.1) is 0 Å². The Morgan fingerprint density at radius 2 is 1.51 bits per heavy atom. The van der Waals surface area contributed by atoms with Gasteiger partial charge >= 0.3 is 11.9 Å². The van der Waals surface area contributed by atoms with Crippen LogP contribution in [0.4, 0.5) is 0 Å². The Bertz CT molecular complexity index is 1230. The lowest BCUT2D eigenvalue weighted by atomic mass is 9.78. The van der Waals surface area contributed by atoms with Crippen LogP contribution in [0.5, 0.6) is 11.5 Å². The predicted octanol–water partition coefficient (Wildman–Crippen LogP) is 6.08. The zero-order valence-corrected chi connectivity index (χ0v) is 24.4. The van der Waals surface area contributed by atoms with Crippen LogP contribution in [0.3, 0.4) is 0 Å². The Hall–Kier alpha value is -2.94. The van der Waals surface area contributed by atoms with Crippen LogP contribution in [-0.4, -0.2) is 52.8 Å². The number of nitrogens with zero attached hydrogens (tertiary/aromatic N) is 2. The van der Waals surface area contributed by atoms with Crippen molar-refractivity contribution < 1.29 is 28.5 Å². The van der Waals surface area contributed by atoms with E-state index in [1.165, 1.54) is 13.8 Å². The molecule has 0 bridgehead atoms. The van der Waals surface area contributed by atoms with Crippen molar-refractivity contribution in [2.45, 2.75) is 51.9 Å². The number of ether oxygens (including phenoxy) is 4.